The minimum Gasteiger partial charge on any atom is -0.547 e. The van der Waals surface area contributed by atoms with Crippen LogP contribution < -0.4 is 10.2 Å². The molecular formula is C6H8AlO8+. The summed E-state index contributed by atoms with van der Waals surface area (Å²) in [4.78, 5) is 19.9. The SMILES string of the molecule is O=C([O-])[C@@H](O)[C@@H](O)[C@H](O)[C@@H](O)C(=O)[O-].[Al+3]. The zero-order chi connectivity index (χ0) is 11.5. The number of rotatable bonds is 5. The molecule has 0 fully saturated rings. The van der Waals surface area contributed by atoms with Crippen LogP contribution in [0.4, 0.5) is 0 Å². The molecule has 0 saturated carbocycles. The van der Waals surface area contributed by atoms with E-state index in [9.17, 15) is 19.8 Å². The van der Waals surface area contributed by atoms with Gasteiger partial charge in [0, 0.05) is 0 Å². The van der Waals surface area contributed by atoms with E-state index in [-0.39, 0.29) is 17.4 Å². The molecule has 9 heteroatoms. The summed E-state index contributed by atoms with van der Waals surface area (Å²) in [5.41, 5.74) is 0. The van der Waals surface area contributed by atoms with E-state index in [2.05, 4.69) is 0 Å². The van der Waals surface area contributed by atoms with Gasteiger partial charge in [0.15, 0.2) is 0 Å². The van der Waals surface area contributed by atoms with Gasteiger partial charge in [-0.1, -0.05) is 0 Å². The standard InChI is InChI=1S/C6H10O8.Al/c7-1(3(9)5(11)12)2(8)4(10)6(13)14;/h1-4,7-10H,(H,11,12)(H,13,14);/q;+3/p-2/t1-,2-,3-,4+;/m0./s1. The summed E-state index contributed by atoms with van der Waals surface area (Å²) < 4.78 is 0. The smallest absolute Gasteiger partial charge is 0.547 e. The van der Waals surface area contributed by atoms with E-state index in [4.69, 9.17) is 20.4 Å². The molecule has 0 spiro atoms. The number of hydrogen-bond donors (Lipinski definition) is 4. The van der Waals surface area contributed by atoms with Crippen LogP contribution in [0.25, 0.3) is 0 Å². The molecule has 0 radical (unpaired) electrons. The number of carbonyl (C=O) groups is 2. The van der Waals surface area contributed by atoms with Gasteiger partial charge in [-0.25, -0.2) is 0 Å². The number of carbonyl (C=O) groups excluding carboxylic acids is 2. The Hall–Kier alpha value is -0.688. The largest absolute Gasteiger partial charge is 3.00 e. The number of aliphatic carboxylic acids is 2. The summed E-state index contributed by atoms with van der Waals surface area (Å²) in [7, 11) is 0. The number of hydrogen-bond acceptors (Lipinski definition) is 8. The average molecular weight is 235 g/mol. The third-order valence-corrected chi connectivity index (χ3v) is 1.48. The van der Waals surface area contributed by atoms with Crippen molar-refractivity contribution in [2.24, 2.45) is 0 Å². The topological polar surface area (TPSA) is 161 Å². The van der Waals surface area contributed by atoms with Crippen molar-refractivity contribution in [3.8, 4) is 0 Å². The first-order chi connectivity index (χ1) is 6.29. The second kappa shape index (κ2) is 6.73. The minimum absolute atomic E-state index is 0. The predicted octanol–water partition coefficient (Wildman–Crippen LogP) is -6.45. The maximum Gasteiger partial charge on any atom is 3.00 e. The van der Waals surface area contributed by atoms with E-state index in [1.165, 1.54) is 0 Å². The first-order valence-electron chi connectivity index (χ1n) is 3.43. The predicted molar refractivity (Wildman–Crippen MR) is 39.8 cm³/mol. The van der Waals surface area contributed by atoms with Crippen LogP contribution in [0.15, 0.2) is 0 Å². The Bertz CT molecular complexity index is 207. The summed E-state index contributed by atoms with van der Waals surface area (Å²) in [6, 6.07) is 0. The second-order valence-corrected chi connectivity index (χ2v) is 2.51. The molecule has 0 aliphatic heterocycles. The second-order valence-electron chi connectivity index (χ2n) is 2.51. The van der Waals surface area contributed by atoms with Gasteiger partial charge in [-0.2, -0.15) is 0 Å². The third kappa shape index (κ3) is 4.57. The molecule has 82 valence electrons. The van der Waals surface area contributed by atoms with Crippen molar-refractivity contribution in [3.63, 3.8) is 0 Å². The Kier molecular flexibility index (Phi) is 7.51. The van der Waals surface area contributed by atoms with E-state index in [0.717, 1.165) is 0 Å². The maximum absolute atomic E-state index is 9.96. The molecule has 0 amide bonds. The molecule has 4 N–H and O–H groups in total. The van der Waals surface area contributed by atoms with E-state index < -0.39 is 36.4 Å². The summed E-state index contributed by atoms with van der Waals surface area (Å²) in [6.07, 6.45) is -9.76. The van der Waals surface area contributed by atoms with Crippen LogP contribution in [0.5, 0.6) is 0 Å². The Morgan fingerprint density at radius 2 is 1.00 bits per heavy atom. The van der Waals surface area contributed by atoms with Crippen LogP contribution in [0.3, 0.4) is 0 Å². The van der Waals surface area contributed by atoms with Gasteiger partial charge in [0.1, 0.15) is 24.4 Å². The molecule has 0 rings (SSSR count). The number of aliphatic hydroxyl groups excluding tert-OH is 4. The van der Waals surface area contributed by atoms with Crippen LogP contribution in [0, 0.1) is 0 Å². The molecule has 0 aromatic heterocycles. The number of aliphatic hydroxyl groups is 4. The van der Waals surface area contributed by atoms with Crippen LogP contribution in [0.2, 0.25) is 0 Å². The molecule has 0 saturated heterocycles. The van der Waals surface area contributed by atoms with Gasteiger partial charge >= 0.3 is 17.4 Å². The van der Waals surface area contributed by atoms with Crippen LogP contribution in [-0.4, -0.2) is 74.1 Å². The minimum atomic E-state index is -2.50. The Morgan fingerprint density at radius 1 is 0.800 bits per heavy atom. The molecule has 4 atom stereocenters. The third-order valence-electron chi connectivity index (χ3n) is 1.48. The molecular weight excluding hydrogens is 227 g/mol. The van der Waals surface area contributed by atoms with Crippen LogP contribution >= 0.6 is 0 Å². The molecule has 0 aromatic carbocycles. The van der Waals surface area contributed by atoms with Crippen molar-refractivity contribution in [1.29, 1.82) is 0 Å². The molecule has 0 aliphatic carbocycles. The fraction of sp³-hybridized carbons (Fsp3) is 0.667. The Labute approximate surface area is 94.5 Å². The van der Waals surface area contributed by atoms with E-state index >= 15 is 0 Å². The summed E-state index contributed by atoms with van der Waals surface area (Å²) in [6.45, 7) is 0. The number of carboxylic acids is 2. The molecule has 0 aromatic rings. The zero-order valence-electron chi connectivity index (χ0n) is 7.31. The molecule has 0 heterocycles. The Morgan fingerprint density at radius 3 is 1.13 bits per heavy atom. The Balaban J connectivity index is 0. The van der Waals surface area contributed by atoms with Crippen molar-refractivity contribution in [3.05, 3.63) is 0 Å². The quantitative estimate of drug-likeness (QED) is 0.342. The van der Waals surface area contributed by atoms with E-state index in [1.807, 2.05) is 0 Å². The van der Waals surface area contributed by atoms with E-state index in [1.54, 1.807) is 0 Å². The van der Waals surface area contributed by atoms with Gasteiger partial charge in [0.25, 0.3) is 0 Å². The molecule has 0 unspecified atom stereocenters. The van der Waals surface area contributed by atoms with Gasteiger partial charge in [0.05, 0.1) is 11.9 Å². The molecule has 0 bridgehead atoms. The molecule has 0 aliphatic rings. The first kappa shape index (κ1) is 16.7. The van der Waals surface area contributed by atoms with Crippen molar-refractivity contribution in [1.82, 2.24) is 0 Å². The van der Waals surface area contributed by atoms with Crippen molar-refractivity contribution in [2.45, 2.75) is 24.4 Å². The van der Waals surface area contributed by atoms with Crippen LogP contribution in [0.1, 0.15) is 0 Å². The number of carboxylic acid groups (broad SMARTS) is 2. The first-order valence-corrected chi connectivity index (χ1v) is 3.43. The molecule has 8 nitrogen and oxygen atoms in total. The fourth-order valence-corrected chi connectivity index (χ4v) is 0.652. The fourth-order valence-electron chi connectivity index (χ4n) is 0.652. The van der Waals surface area contributed by atoms with Crippen molar-refractivity contribution < 1.29 is 40.2 Å². The van der Waals surface area contributed by atoms with Crippen molar-refractivity contribution >= 4 is 29.3 Å². The summed E-state index contributed by atoms with van der Waals surface area (Å²) in [5, 5.41) is 54.7. The van der Waals surface area contributed by atoms with Gasteiger partial charge < -0.3 is 40.2 Å². The van der Waals surface area contributed by atoms with Gasteiger partial charge in [0.2, 0.25) is 0 Å². The van der Waals surface area contributed by atoms with Crippen molar-refractivity contribution in [2.75, 3.05) is 0 Å². The summed E-state index contributed by atoms with van der Waals surface area (Å²) >= 11 is 0. The average Bonchev–Trinajstić information content (AvgIpc) is 2.12. The zero-order valence-corrected chi connectivity index (χ0v) is 8.46. The normalized spacial score (nSPS) is 18.1. The van der Waals surface area contributed by atoms with Gasteiger partial charge in [-0.3, -0.25) is 0 Å². The van der Waals surface area contributed by atoms with Crippen LogP contribution in [-0.2, 0) is 9.59 Å². The summed E-state index contributed by atoms with van der Waals surface area (Å²) in [5.74, 6) is -4.22. The molecule has 15 heavy (non-hydrogen) atoms. The maximum atomic E-state index is 9.96. The van der Waals surface area contributed by atoms with Gasteiger partial charge in [-0.15, -0.1) is 0 Å². The van der Waals surface area contributed by atoms with E-state index in [0.29, 0.717) is 0 Å². The van der Waals surface area contributed by atoms with Gasteiger partial charge in [-0.05, 0) is 0 Å². The monoisotopic (exact) mass is 235 g/mol.